The van der Waals surface area contributed by atoms with Crippen LogP contribution in [0, 0.1) is 17.2 Å². The van der Waals surface area contributed by atoms with Gasteiger partial charge in [-0.05, 0) is 24.5 Å². The third-order valence-corrected chi connectivity index (χ3v) is 2.41. The van der Waals surface area contributed by atoms with Crippen LogP contribution in [-0.4, -0.2) is 11.5 Å². The van der Waals surface area contributed by atoms with Crippen LogP contribution in [0.15, 0.2) is 18.3 Å². The summed E-state index contributed by atoms with van der Waals surface area (Å²) < 4.78 is 0. The van der Waals surface area contributed by atoms with E-state index in [1.54, 1.807) is 12.3 Å². The van der Waals surface area contributed by atoms with Gasteiger partial charge in [-0.2, -0.15) is 5.26 Å². The van der Waals surface area contributed by atoms with Crippen LogP contribution < -0.4 is 5.32 Å². The van der Waals surface area contributed by atoms with Crippen molar-refractivity contribution in [2.75, 3.05) is 11.9 Å². The van der Waals surface area contributed by atoms with Crippen molar-refractivity contribution in [3.8, 4) is 6.07 Å². The van der Waals surface area contributed by atoms with Gasteiger partial charge in [-0.1, -0.05) is 26.7 Å². The number of nitrogens with zero attached hydrogens (tertiary/aromatic N) is 2. The Bertz CT molecular complexity index is 352. The van der Waals surface area contributed by atoms with Crippen LogP contribution in [0.1, 0.15) is 38.8 Å². The Balaban J connectivity index is 2.24. The summed E-state index contributed by atoms with van der Waals surface area (Å²) in [5, 5.41) is 12.0. The predicted molar refractivity (Wildman–Crippen MR) is 66.1 cm³/mol. The molecule has 16 heavy (non-hydrogen) atoms. The molecule has 0 saturated heterocycles. The maximum atomic E-state index is 8.69. The maximum absolute atomic E-state index is 8.69. The van der Waals surface area contributed by atoms with E-state index in [4.69, 9.17) is 5.26 Å². The first-order chi connectivity index (χ1) is 7.72. The number of nitriles is 1. The van der Waals surface area contributed by atoms with E-state index in [0.717, 1.165) is 18.2 Å². The van der Waals surface area contributed by atoms with Gasteiger partial charge >= 0.3 is 0 Å². The van der Waals surface area contributed by atoms with Crippen molar-refractivity contribution < 1.29 is 0 Å². The fourth-order valence-corrected chi connectivity index (χ4v) is 1.51. The normalized spacial score (nSPS) is 10.1. The molecule has 0 aliphatic carbocycles. The monoisotopic (exact) mass is 217 g/mol. The number of aromatic nitrogens is 1. The first kappa shape index (κ1) is 12.5. The zero-order valence-corrected chi connectivity index (χ0v) is 10.0. The molecule has 0 aliphatic heterocycles. The molecule has 0 unspecified atom stereocenters. The number of rotatable bonds is 6. The minimum absolute atomic E-state index is 0.465. The van der Waals surface area contributed by atoms with Crippen LogP contribution >= 0.6 is 0 Å². The average molecular weight is 217 g/mol. The summed E-state index contributed by atoms with van der Waals surface area (Å²) in [6.45, 7) is 5.45. The quantitative estimate of drug-likeness (QED) is 0.744. The van der Waals surface area contributed by atoms with Crippen molar-refractivity contribution >= 4 is 5.69 Å². The van der Waals surface area contributed by atoms with Crippen molar-refractivity contribution in [1.82, 2.24) is 4.98 Å². The molecular weight excluding hydrogens is 198 g/mol. The Morgan fingerprint density at radius 2 is 2.25 bits per heavy atom. The number of pyridine rings is 1. The van der Waals surface area contributed by atoms with E-state index in [1.807, 2.05) is 12.1 Å². The molecule has 1 heterocycles. The van der Waals surface area contributed by atoms with E-state index < -0.39 is 0 Å². The summed E-state index contributed by atoms with van der Waals surface area (Å²) in [5.41, 5.74) is 1.45. The molecule has 1 rings (SSSR count). The molecule has 3 nitrogen and oxygen atoms in total. The molecular formula is C13H19N3. The van der Waals surface area contributed by atoms with Crippen molar-refractivity contribution in [2.45, 2.75) is 33.1 Å². The van der Waals surface area contributed by atoms with Gasteiger partial charge in [-0.15, -0.1) is 0 Å². The second-order valence-electron chi connectivity index (χ2n) is 4.36. The second kappa shape index (κ2) is 6.84. The van der Waals surface area contributed by atoms with Gasteiger partial charge in [-0.3, -0.25) is 0 Å². The Hall–Kier alpha value is -1.56. The number of unbranched alkanes of at least 4 members (excludes halogenated alkanes) is 1. The summed E-state index contributed by atoms with van der Waals surface area (Å²) in [6.07, 6.45) is 5.36. The third-order valence-electron chi connectivity index (χ3n) is 2.41. The first-order valence-corrected chi connectivity index (χ1v) is 5.82. The van der Waals surface area contributed by atoms with Gasteiger partial charge in [0.25, 0.3) is 0 Å². The van der Waals surface area contributed by atoms with Crippen molar-refractivity contribution in [3.05, 3.63) is 24.0 Å². The van der Waals surface area contributed by atoms with Crippen molar-refractivity contribution in [2.24, 2.45) is 5.92 Å². The van der Waals surface area contributed by atoms with E-state index in [-0.39, 0.29) is 0 Å². The first-order valence-electron chi connectivity index (χ1n) is 5.82. The molecule has 0 amide bonds. The molecule has 0 atom stereocenters. The van der Waals surface area contributed by atoms with Crippen LogP contribution in [0.2, 0.25) is 0 Å². The van der Waals surface area contributed by atoms with Crippen LogP contribution in [-0.2, 0) is 0 Å². The lowest BCUT2D eigenvalue weighted by Gasteiger charge is -2.07. The SMILES string of the molecule is CC(C)CCCCNc1ccnc(C#N)c1. The largest absolute Gasteiger partial charge is 0.385 e. The van der Waals surface area contributed by atoms with Crippen LogP contribution in [0.3, 0.4) is 0 Å². The lowest BCUT2D eigenvalue weighted by Crippen LogP contribution is -2.02. The van der Waals surface area contributed by atoms with E-state index in [9.17, 15) is 0 Å². The third kappa shape index (κ3) is 4.79. The molecule has 0 aromatic carbocycles. The van der Waals surface area contributed by atoms with Gasteiger partial charge in [0.05, 0.1) is 0 Å². The van der Waals surface area contributed by atoms with Crippen molar-refractivity contribution in [1.29, 1.82) is 5.26 Å². The van der Waals surface area contributed by atoms with Gasteiger partial charge < -0.3 is 5.32 Å². The summed E-state index contributed by atoms with van der Waals surface area (Å²) in [5.74, 6) is 0.783. The standard InChI is InChI=1S/C13H19N3/c1-11(2)5-3-4-7-15-12-6-8-16-13(9-12)10-14/h6,8-9,11H,3-5,7H2,1-2H3,(H,15,16). The Kier molecular flexibility index (Phi) is 5.35. The smallest absolute Gasteiger partial charge is 0.142 e. The summed E-state index contributed by atoms with van der Waals surface area (Å²) in [6, 6.07) is 5.71. The number of hydrogen-bond donors (Lipinski definition) is 1. The van der Waals surface area contributed by atoms with Gasteiger partial charge in [0.1, 0.15) is 11.8 Å². The molecule has 0 fully saturated rings. The summed E-state index contributed by atoms with van der Waals surface area (Å²) in [7, 11) is 0. The fraction of sp³-hybridized carbons (Fsp3) is 0.538. The number of nitrogens with one attached hydrogen (secondary N) is 1. The summed E-state index contributed by atoms with van der Waals surface area (Å²) in [4.78, 5) is 3.92. The molecule has 0 radical (unpaired) electrons. The summed E-state index contributed by atoms with van der Waals surface area (Å²) >= 11 is 0. The number of hydrogen-bond acceptors (Lipinski definition) is 3. The highest BCUT2D eigenvalue weighted by Gasteiger charge is 1.96. The van der Waals surface area contributed by atoms with Gasteiger partial charge in [-0.25, -0.2) is 4.98 Å². The molecule has 0 bridgehead atoms. The second-order valence-corrected chi connectivity index (χ2v) is 4.36. The molecule has 1 N–H and O–H groups in total. The predicted octanol–water partition coefficient (Wildman–Crippen LogP) is 3.19. The molecule has 1 aromatic heterocycles. The molecule has 0 saturated carbocycles. The lowest BCUT2D eigenvalue weighted by molar-refractivity contribution is 0.545. The number of anilines is 1. The van der Waals surface area contributed by atoms with E-state index >= 15 is 0 Å². The van der Waals surface area contributed by atoms with Gasteiger partial charge in [0.2, 0.25) is 0 Å². The van der Waals surface area contributed by atoms with Gasteiger partial charge in [0, 0.05) is 18.4 Å². The zero-order chi connectivity index (χ0) is 11.8. The van der Waals surface area contributed by atoms with Crippen LogP contribution in [0.5, 0.6) is 0 Å². The van der Waals surface area contributed by atoms with E-state index in [2.05, 4.69) is 24.1 Å². The minimum atomic E-state index is 0.465. The molecule has 0 aliphatic rings. The van der Waals surface area contributed by atoms with E-state index in [0.29, 0.717) is 5.69 Å². The van der Waals surface area contributed by atoms with Crippen molar-refractivity contribution in [3.63, 3.8) is 0 Å². The Morgan fingerprint density at radius 3 is 2.94 bits per heavy atom. The van der Waals surface area contributed by atoms with Crippen LogP contribution in [0.25, 0.3) is 0 Å². The maximum Gasteiger partial charge on any atom is 0.142 e. The lowest BCUT2D eigenvalue weighted by atomic mass is 10.1. The van der Waals surface area contributed by atoms with Crippen LogP contribution in [0.4, 0.5) is 5.69 Å². The molecule has 86 valence electrons. The zero-order valence-electron chi connectivity index (χ0n) is 10.0. The Morgan fingerprint density at radius 1 is 1.44 bits per heavy atom. The minimum Gasteiger partial charge on any atom is -0.385 e. The highest BCUT2D eigenvalue weighted by atomic mass is 14.9. The fourth-order valence-electron chi connectivity index (χ4n) is 1.51. The van der Waals surface area contributed by atoms with E-state index in [1.165, 1.54) is 19.3 Å². The Labute approximate surface area is 97.5 Å². The molecule has 0 spiro atoms. The highest BCUT2D eigenvalue weighted by molar-refractivity contribution is 5.45. The highest BCUT2D eigenvalue weighted by Crippen LogP contribution is 2.09. The topological polar surface area (TPSA) is 48.7 Å². The average Bonchev–Trinajstić information content (AvgIpc) is 2.28. The van der Waals surface area contributed by atoms with Gasteiger partial charge in [0.15, 0.2) is 0 Å². The molecule has 1 aromatic rings. The molecule has 3 heteroatoms.